The fourth-order valence-corrected chi connectivity index (χ4v) is 2.80. The number of rotatable bonds is 4. The zero-order valence-electron chi connectivity index (χ0n) is 11.4. The second-order valence-electron chi connectivity index (χ2n) is 5.30. The molecular weight excluding hydrogens is 224 g/mol. The van der Waals surface area contributed by atoms with Crippen LogP contribution in [0.1, 0.15) is 31.4 Å². The second-order valence-corrected chi connectivity index (χ2v) is 5.30. The first-order valence-corrected chi connectivity index (χ1v) is 6.88. The van der Waals surface area contributed by atoms with E-state index in [2.05, 4.69) is 17.1 Å². The molecule has 0 bridgehead atoms. The number of nitrogens with one attached hydrogen (secondary N) is 1. The monoisotopic (exact) mass is 248 g/mol. The molecule has 3 heteroatoms. The SMILES string of the molecule is CNCC1CCN(C(C)c2ccc(O)cc2)CC1. The van der Waals surface area contributed by atoms with E-state index in [9.17, 15) is 5.11 Å². The largest absolute Gasteiger partial charge is 0.508 e. The Morgan fingerprint density at radius 2 is 1.89 bits per heavy atom. The first kappa shape index (κ1) is 13.4. The standard InChI is InChI=1S/C15H24N2O/c1-12(14-3-5-15(18)6-4-14)17-9-7-13(8-10-17)11-16-2/h3-6,12-13,16,18H,7-11H2,1-2H3. The fourth-order valence-electron chi connectivity index (χ4n) is 2.80. The lowest BCUT2D eigenvalue weighted by Crippen LogP contribution is -2.38. The second kappa shape index (κ2) is 6.21. The fraction of sp³-hybridized carbons (Fsp3) is 0.600. The van der Waals surface area contributed by atoms with Crippen molar-refractivity contribution < 1.29 is 5.11 Å². The minimum Gasteiger partial charge on any atom is -0.508 e. The zero-order valence-corrected chi connectivity index (χ0v) is 11.4. The topological polar surface area (TPSA) is 35.5 Å². The molecule has 0 amide bonds. The van der Waals surface area contributed by atoms with Crippen molar-refractivity contribution in [3.63, 3.8) is 0 Å². The number of hydrogen-bond acceptors (Lipinski definition) is 3. The highest BCUT2D eigenvalue weighted by Gasteiger charge is 2.22. The van der Waals surface area contributed by atoms with Crippen LogP contribution < -0.4 is 5.32 Å². The molecule has 1 aliphatic rings. The van der Waals surface area contributed by atoms with Gasteiger partial charge in [-0.15, -0.1) is 0 Å². The first-order valence-electron chi connectivity index (χ1n) is 6.88. The molecule has 3 nitrogen and oxygen atoms in total. The Hall–Kier alpha value is -1.06. The summed E-state index contributed by atoms with van der Waals surface area (Å²) in [7, 11) is 2.03. The van der Waals surface area contributed by atoms with Gasteiger partial charge in [-0.1, -0.05) is 12.1 Å². The Morgan fingerprint density at radius 1 is 1.28 bits per heavy atom. The zero-order chi connectivity index (χ0) is 13.0. The molecule has 0 aliphatic carbocycles. The summed E-state index contributed by atoms with van der Waals surface area (Å²) in [5.74, 6) is 1.18. The highest BCUT2D eigenvalue weighted by Crippen LogP contribution is 2.27. The molecule has 1 fully saturated rings. The van der Waals surface area contributed by atoms with Crippen LogP contribution in [0.2, 0.25) is 0 Å². The van der Waals surface area contributed by atoms with Crippen LogP contribution in [-0.4, -0.2) is 36.7 Å². The summed E-state index contributed by atoms with van der Waals surface area (Å²) in [5.41, 5.74) is 1.29. The van der Waals surface area contributed by atoms with E-state index in [0.29, 0.717) is 11.8 Å². The van der Waals surface area contributed by atoms with E-state index >= 15 is 0 Å². The molecular formula is C15H24N2O. The molecule has 0 radical (unpaired) electrons. The molecule has 1 aliphatic heterocycles. The van der Waals surface area contributed by atoms with Gasteiger partial charge in [0.1, 0.15) is 5.75 Å². The van der Waals surface area contributed by atoms with E-state index in [0.717, 1.165) is 12.5 Å². The van der Waals surface area contributed by atoms with Gasteiger partial charge in [0.25, 0.3) is 0 Å². The average Bonchev–Trinajstić information content (AvgIpc) is 2.40. The number of aromatic hydroxyl groups is 1. The summed E-state index contributed by atoms with van der Waals surface area (Å²) < 4.78 is 0. The lowest BCUT2D eigenvalue weighted by molar-refractivity contribution is 0.141. The van der Waals surface area contributed by atoms with Crippen LogP contribution >= 0.6 is 0 Å². The van der Waals surface area contributed by atoms with Crippen molar-refractivity contribution in [2.45, 2.75) is 25.8 Å². The molecule has 1 atom stereocenters. The molecule has 1 heterocycles. The van der Waals surface area contributed by atoms with E-state index in [4.69, 9.17) is 0 Å². The number of likely N-dealkylation sites (tertiary alicyclic amines) is 1. The molecule has 0 aromatic heterocycles. The van der Waals surface area contributed by atoms with Crippen LogP contribution in [0.15, 0.2) is 24.3 Å². The third kappa shape index (κ3) is 3.24. The minimum atomic E-state index is 0.346. The van der Waals surface area contributed by atoms with E-state index < -0.39 is 0 Å². The van der Waals surface area contributed by atoms with E-state index in [-0.39, 0.29) is 0 Å². The Kier molecular flexibility index (Phi) is 4.61. The molecule has 0 saturated carbocycles. The predicted molar refractivity (Wildman–Crippen MR) is 74.7 cm³/mol. The van der Waals surface area contributed by atoms with Crippen LogP contribution in [0.25, 0.3) is 0 Å². The summed E-state index contributed by atoms with van der Waals surface area (Å²) in [5, 5.41) is 12.6. The van der Waals surface area contributed by atoms with Crippen LogP contribution in [0.3, 0.4) is 0 Å². The maximum atomic E-state index is 9.32. The van der Waals surface area contributed by atoms with Crippen molar-refractivity contribution in [1.82, 2.24) is 10.2 Å². The van der Waals surface area contributed by atoms with E-state index in [1.165, 1.54) is 31.5 Å². The smallest absolute Gasteiger partial charge is 0.115 e. The van der Waals surface area contributed by atoms with Gasteiger partial charge in [-0.05, 0) is 70.1 Å². The first-order chi connectivity index (χ1) is 8.70. The molecule has 18 heavy (non-hydrogen) atoms. The molecule has 100 valence electrons. The lowest BCUT2D eigenvalue weighted by Gasteiger charge is -2.36. The number of benzene rings is 1. The maximum Gasteiger partial charge on any atom is 0.115 e. The Balaban J connectivity index is 1.91. The third-order valence-corrected chi connectivity index (χ3v) is 4.07. The summed E-state index contributed by atoms with van der Waals surface area (Å²) in [6.45, 7) is 5.75. The van der Waals surface area contributed by atoms with Crippen LogP contribution in [-0.2, 0) is 0 Å². The molecule has 1 saturated heterocycles. The van der Waals surface area contributed by atoms with Gasteiger partial charge in [0.2, 0.25) is 0 Å². The lowest BCUT2D eigenvalue weighted by atomic mass is 9.94. The molecule has 1 aromatic carbocycles. The van der Waals surface area contributed by atoms with Crippen molar-refractivity contribution in [2.24, 2.45) is 5.92 Å². The van der Waals surface area contributed by atoms with Crippen LogP contribution in [0.5, 0.6) is 5.75 Å². The maximum absolute atomic E-state index is 9.32. The Labute approximate surface area is 110 Å². The molecule has 1 unspecified atom stereocenters. The predicted octanol–water partition coefficient (Wildman–Crippen LogP) is 2.38. The van der Waals surface area contributed by atoms with Crippen molar-refractivity contribution in [2.75, 3.05) is 26.7 Å². The molecule has 2 N–H and O–H groups in total. The summed E-state index contributed by atoms with van der Waals surface area (Å²) in [6, 6.07) is 8.06. The number of phenols is 1. The van der Waals surface area contributed by atoms with Gasteiger partial charge in [-0.3, -0.25) is 4.90 Å². The van der Waals surface area contributed by atoms with Crippen molar-refractivity contribution >= 4 is 0 Å². The van der Waals surface area contributed by atoms with Crippen LogP contribution in [0.4, 0.5) is 0 Å². The van der Waals surface area contributed by atoms with Gasteiger partial charge in [0.05, 0.1) is 0 Å². The number of hydrogen-bond donors (Lipinski definition) is 2. The van der Waals surface area contributed by atoms with Crippen LogP contribution in [0, 0.1) is 5.92 Å². The number of nitrogens with zero attached hydrogens (tertiary/aromatic N) is 1. The van der Waals surface area contributed by atoms with Crippen molar-refractivity contribution in [3.05, 3.63) is 29.8 Å². The minimum absolute atomic E-state index is 0.346. The molecule has 2 rings (SSSR count). The third-order valence-electron chi connectivity index (χ3n) is 4.07. The number of phenolic OH excluding ortho intramolecular Hbond substituents is 1. The Morgan fingerprint density at radius 3 is 2.44 bits per heavy atom. The summed E-state index contributed by atoms with van der Waals surface area (Å²) >= 11 is 0. The van der Waals surface area contributed by atoms with Gasteiger partial charge in [-0.2, -0.15) is 0 Å². The summed E-state index contributed by atoms with van der Waals surface area (Å²) in [6.07, 6.45) is 2.56. The quantitative estimate of drug-likeness (QED) is 0.859. The summed E-state index contributed by atoms with van der Waals surface area (Å²) in [4.78, 5) is 2.54. The van der Waals surface area contributed by atoms with Gasteiger partial charge < -0.3 is 10.4 Å². The van der Waals surface area contributed by atoms with Gasteiger partial charge in [-0.25, -0.2) is 0 Å². The Bertz CT molecular complexity index is 355. The van der Waals surface area contributed by atoms with Gasteiger partial charge in [0.15, 0.2) is 0 Å². The average molecular weight is 248 g/mol. The van der Waals surface area contributed by atoms with E-state index in [1.807, 2.05) is 19.2 Å². The molecule has 1 aromatic rings. The normalized spacial score (nSPS) is 19.9. The highest BCUT2D eigenvalue weighted by atomic mass is 16.3. The van der Waals surface area contributed by atoms with Crippen molar-refractivity contribution in [1.29, 1.82) is 0 Å². The van der Waals surface area contributed by atoms with E-state index in [1.54, 1.807) is 12.1 Å². The highest BCUT2D eigenvalue weighted by molar-refractivity contribution is 5.27. The van der Waals surface area contributed by atoms with Gasteiger partial charge >= 0.3 is 0 Å². The molecule has 0 spiro atoms. The number of piperidine rings is 1. The van der Waals surface area contributed by atoms with Gasteiger partial charge in [0, 0.05) is 6.04 Å². The van der Waals surface area contributed by atoms with Crippen molar-refractivity contribution in [3.8, 4) is 5.75 Å².